The van der Waals surface area contributed by atoms with Gasteiger partial charge in [-0.05, 0) is 11.6 Å². The van der Waals surface area contributed by atoms with Crippen molar-refractivity contribution < 1.29 is 22.7 Å². The molecular formula is C11H11BrF3NO2. The van der Waals surface area contributed by atoms with Gasteiger partial charge in [0.15, 0.2) is 0 Å². The molecule has 1 rings (SSSR count). The summed E-state index contributed by atoms with van der Waals surface area (Å²) in [6.45, 7) is -2.06. The Kier molecular flexibility index (Phi) is 5.61. The fourth-order valence-electron chi connectivity index (χ4n) is 1.20. The van der Waals surface area contributed by atoms with Gasteiger partial charge in [0.25, 0.3) is 0 Å². The van der Waals surface area contributed by atoms with Crippen molar-refractivity contribution in [3.05, 3.63) is 29.8 Å². The van der Waals surface area contributed by atoms with Gasteiger partial charge in [-0.3, -0.25) is 4.79 Å². The average molecular weight is 326 g/mol. The summed E-state index contributed by atoms with van der Waals surface area (Å²) in [4.78, 5) is 11.3. The summed E-state index contributed by atoms with van der Waals surface area (Å²) in [6, 6.07) is 6.98. The topological polar surface area (TPSA) is 38.3 Å². The van der Waals surface area contributed by atoms with E-state index in [9.17, 15) is 18.0 Å². The van der Waals surface area contributed by atoms with Gasteiger partial charge in [-0.25, -0.2) is 0 Å². The standard InChI is InChI=1S/C11H11BrF3NO2/c12-5-8-3-1-2-4-9(8)16-10(17)6-18-7-11(13,14)15/h1-4H,5-7H2,(H,16,17). The molecule has 0 aliphatic rings. The number of amides is 1. The lowest BCUT2D eigenvalue weighted by molar-refractivity contribution is -0.174. The van der Waals surface area contributed by atoms with E-state index in [2.05, 4.69) is 26.0 Å². The average Bonchev–Trinajstić information content (AvgIpc) is 2.28. The number of carbonyl (C=O) groups is 1. The lowest BCUT2D eigenvalue weighted by Crippen LogP contribution is -2.24. The first kappa shape index (κ1) is 15.0. The number of rotatable bonds is 5. The fourth-order valence-corrected chi connectivity index (χ4v) is 1.69. The molecule has 0 aromatic heterocycles. The molecule has 18 heavy (non-hydrogen) atoms. The molecule has 0 radical (unpaired) electrons. The molecule has 0 fully saturated rings. The van der Waals surface area contributed by atoms with Crippen LogP contribution in [0.1, 0.15) is 5.56 Å². The minimum Gasteiger partial charge on any atom is -0.362 e. The number of nitrogens with one attached hydrogen (secondary N) is 1. The first-order chi connectivity index (χ1) is 8.42. The number of halogens is 4. The monoisotopic (exact) mass is 325 g/mol. The van der Waals surface area contributed by atoms with E-state index >= 15 is 0 Å². The maximum Gasteiger partial charge on any atom is 0.411 e. The fraction of sp³-hybridized carbons (Fsp3) is 0.364. The van der Waals surface area contributed by atoms with Crippen molar-refractivity contribution in [3.8, 4) is 0 Å². The molecule has 0 heterocycles. The number of hydrogen-bond donors (Lipinski definition) is 1. The molecule has 7 heteroatoms. The highest BCUT2D eigenvalue weighted by Gasteiger charge is 2.27. The molecule has 0 aliphatic heterocycles. The smallest absolute Gasteiger partial charge is 0.362 e. The van der Waals surface area contributed by atoms with Crippen LogP contribution in [0.15, 0.2) is 24.3 Å². The number of benzene rings is 1. The van der Waals surface area contributed by atoms with Crippen LogP contribution in [0, 0.1) is 0 Å². The maximum absolute atomic E-state index is 11.8. The van der Waals surface area contributed by atoms with Gasteiger partial charge in [-0.2, -0.15) is 13.2 Å². The number of hydrogen-bond acceptors (Lipinski definition) is 2. The number of carbonyl (C=O) groups excluding carboxylic acids is 1. The molecule has 0 atom stereocenters. The zero-order valence-electron chi connectivity index (χ0n) is 9.26. The van der Waals surface area contributed by atoms with Crippen molar-refractivity contribution >= 4 is 27.5 Å². The van der Waals surface area contributed by atoms with E-state index in [1.165, 1.54) is 0 Å². The molecule has 0 saturated heterocycles. The first-order valence-electron chi connectivity index (χ1n) is 5.00. The summed E-state index contributed by atoms with van der Waals surface area (Å²) < 4.78 is 39.6. The van der Waals surface area contributed by atoms with Crippen molar-refractivity contribution in [1.29, 1.82) is 0 Å². The Hall–Kier alpha value is -1.08. The number of alkyl halides is 4. The molecular weight excluding hydrogens is 315 g/mol. The molecule has 0 aliphatic carbocycles. The summed E-state index contributed by atoms with van der Waals surface area (Å²) in [5.74, 6) is -0.618. The zero-order chi connectivity index (χ0) is 13.6. The molecule has 3 nitrogen and oxygen atoms in total. The normalized spacial score (nSPS) is 11.3. The quantitative estimate of drug-likeness (QED) is 0.845. The predicted octanol–water partition coefficient (Wildman–Crippen LogP) is 3.10. The van der Waals surface area contributed by atoms with E-state index in [0.29, 0.717) is 11.0 Å². The second kappa shape index (κ2) is 6.75. The predicted molar refractivity (Wildman–Crippen MR) is 64.6 cm³/mol. The lowest BCUT2D eigenvalue weighted by atomic mass is 10.2. The van der Waals surface area contributed by atoms with Crippen LogP contribution in [-0.4, -0.2) is 25.3 Å². The zero-order valence-corrected chi connectivity index (χ0v) is 10.8. The van der Waals surface area contributed by atoms with Crippen molar-refractivity contribution in [2.75, 3.05) is 18.5 Å². The molecule has 0 saturated carbocycles. The highest BCUT2D eigenvalue weighted by atomic mass is 79.9. The van der Waals surface area contributed by atoms with Crippen LogP contribution in [0.2, 0.25) is 0 Å². The minimum atomic E-state index is -4.42. The van der Waals surface area contributed by atoms with Crippen molar-refractivity contribution in [1.82, 2.24) is 0 Å². The highest BCUT2D eigenvalue weighted by Crippen LogP contribution is 2.18. The van der Waals surface area contributed by atoms with Crippen LogP contribution in [0.25, 0.3) is 0 Å². The third-order valence-corrected chi connectivity index (χ3v) is 2.54. The van der Waals surface area contributed by atoms with E-state index in [4.69, 9.17) is 0 Å². The first-order valence-corrected chi connectivity index (χ1v) is 6.13. The van der Waals surface area contributed by atoms with Gasteiger partial charge >= 0.3 is 6.18 Å². The molecule has 0 bridgehead atoms. The van der Waals surface area contributed by atoms with E-state index in [0.717, 1.165) is 5.56 Å². The summed E-state index contributed by atoms with van der Waals surface area (Å²) in [5.41, 5.74) is 1.39. The Labute approximate surface area is 110 Å². The van der Waals surface area contributed by atoms with E-state index in [1.54, 1.807) is 24.3 Å². The van der Waals surface area contributed by atoms with Crippen molar-refractivity contribution in [2.24, 2.45) is 0 Å². The molecule has 1 aromatic carbocycles. The Morgan fingerprint density at radius 3 is 2.61 bits per heavy atom. The van der Waals surface area contributed by atoms with E-state index in [-0.39, 0.29) is 0 Å². The number of ether oxygens (including phenoxy) is 1. The largest absolute Gasteiger partial charge is 0.411 e. The summed E-state index contributed by atoms with van der Waals surface area (Å²) in [6.07, 6.45) is -4.42. The third-order valence-electron chi connectivity index (χ3n) is 1.93. The van der Waals surface area contributed by atoms with Crippen LogP contribution in [-0.2, 0) is 14.9 Å². The van der Waals surface area contributed by atoms with Crippen LogP contribution in [0.5, 0.6) is 0 Å². The van der Waals surface area contributed by atoms with Crippen LogP contribution < -0.4 is 5.32 Å². The van der Waals surface area contributed by atoms with Gasteiger partial charge in [0.2, 0.25) is 5.91 Å². The van der Waals surface area contributed by atoms with E-state index < -0.39 is 25.3 Å². The molecule has 0 spiro atoms. The summed E-state index contributed by atoms with van der Waals surface area (Å²) >= 11 is 3.25. The lowest BCUT2D eigenvalue weighted by Gasteiger charge is -2.10. The van der Waals surface area contributed by atoms with Gasteiger partial charge in [0.05, 0.1) is 0 Å². The van der Waals surface area contributed by atoms with Gasteiger partial charge in [-0.1, -0.05) is 34.1 Å². The summed E-state index contributed by atoms with van der Waals surface area (Å²) in [7, 11) is 0. The summed E-state index contributed by atoms with van der Waals surface area (Å²) in [5, 5.41) is 3.02. The molecule has 0 unspecified atom stereocenters. The van der Waals surface area contributed by atoms with E-state index in [1.807, 2.05) is 0 Å². The van der Waals surface area contributed by atoms with Gasteiger partial charge in [0.1, 0.15) is 13.2 Å². The third kappa shape index (κ3) is 5.50. The maximum atomic E-state index is 11.8. The minimum absolute atomic E-state index is 0.535. The molecule has 1 N–H and O–H groups in total. The van der Waals surface area contributed by atoms with Gasteiger partial charge in [0, 0.05) is 11.0 Å². The van der Waals surface area contributed by atoms with Crippen molar-refractivity contribution in [2.45, 2.75) is 11.5 Å². The second-order valence-electron chi connectivity index (χ2n) is 3.45. The Morgan fingerprint density at radius 2 is 2.00 bits per heavy atom. The van der Waals surface area contributed by atoms with Gasteiger partial charge < -0.3 is 10.1 Å². The molecule has 1 aromatic rings. The Balaban J connectivity index is 2.45. The number of para-hydroxylation sites is 1. The number of anilines is 1. The van der Waals surface area contributed by atoms with Crippen LogP contribution in [0.4, 0.5) is 18.9 Å². The highest BCUT2D eigenvalue weighted by molar-refractivity contribution is 9.08. The SMILES string of the molecule is O=C(COCC(F)(F)F)Nc1ccccc1CBr. The second-order valence-corrected chi connectivity index (χ2v) is 4.01. The Bertz CT molecular complexity index is 410. The Morgan fingerprint density at radius 1 is 1.33 bits per heavy atom. The molecule has 1 amide bonds. The molecule has 100 valence electrons. The van der Waals surface area contributed by atoms with Crippen LogP contribution >= 0.6 is 15.9 Å². The van der Waals surface area contributed by atoms with Gasteiger partial charge in [-0.15, -0.1) is 0 Å². The van der Waals surface area contributed by atoms with Crippen molar-refractivity contribution in [3.63, 3.8) is 0 Å². The van der Waals surface area contributed by atoms with Crippen LogP contribution in [0.3, 0.4) is 0 Å².